The third kappa shape index (κ3) is 3.58. The first-order valence-electron chi connectivity index (χ1n) is 6.45. The summed E-state index contributed by atoms with van der Waals surface area (Å²) in [7, 11) is 3.62. The van der Waals surface area contributed by atoms with Crippen molar-refractivity contribution >= 4 is 0 Å². The molecule has 0 fully saturated rings. The van der Waals surface area contributed by atoms with E-state index in [9.17, 15) is 0 Å². The van der Waals surface area contributed by atoms with Gasteiger partial charge in [-0.3, -0.25) is 0 Å². The van der Waals surface area contributed by atoms with Gasteiger partial charge in [-0.2, -0.15) is 0 Å². The van der Waals surface area contributed by atoms with Gasteiger partial charge in [-0.1, -0.05) is 18.2 Å². The third-order valence-corrected chi connectivity index (χ3v) is 3.14. The van der Waals surface area contributed by atoms with E-state index >= 15 is 0 Å². The van der Waals surface area contributed by atoms with Crippen LogP contribution in [-0.4, -0.2) is 25.2 Å². The van der Waals surface area contributed by atoms with E-state index in [-0.39, 0.29) is 0 Å². The van der Waals surface area contributed by atoms with Crippen molar-refractivity contribution < 1.29 is 9.15 Å². The number of hydrogen-bond acceptors (Lipinski definition) is 4. The van der Waals surface area contributed by atoms with Crippen LogP contribution in [0, 0.1) is 0 Å². The van der Waals surface area contributed by atoms with Crippen molar-refractivity contribution in [3.8, 4) is 5.75 Å². The predicted octanol–water partition coefficient (Wildman–Crippen LogP) is 2.42. The Balaban J connectivity index is 2.07. The van der Waals surface area contributed by atoms with Crippen LogP contribution in [0.15, 0.2) is 34.9 Å². The summed E-state index contributed by atoms with van der Waals surface area (Å²) in [5.74, 6) is 2.50. The first kappa shape index (κ1) is 13.6. The second kappa shape index (κ2) is 6.38. The van der Waals surface area contributed by atoms with Crippen LogP contribution in [0.2, 0.25) is 0 Å². The van der Waals surface area contributed by atoms with Gasteiger partial charge in [-0.05, 0) is 20.0 Å². The Bertz CT molecular complexity index is 522. The highest BCUT2D eigenvalue weighted by atomic mass is 16.5. The van der Waals surface area contributed by atoms with Crippen molar-refractivity contribution in [2.24, 2.45) is 0 Å². The van der Waals surface area contributed by atoms with Gasteiger partial charge < -0.3 is 14.5 Å². The monoisotopic (exact) mass is 260 g/mol. The molecule has 2 rings (SSSR count). The maximum Gasteiger partial charge on any atom is 0.198 e. The molecule has 1 atom stereocenters. The molecule has 0 aliphatic rings. The quantitative estimate of drug-likeness (QED) is 0.866. The highest BCUT2D eigenvalue weighted by Crippen LogP contribution is 2.21. The van der Waals surface area contributed by atoms with E-state index in [1.54, 1.807) is 13.3 Å². The number of likely N-dealkylation sites (N-methyl/N-ethyl adjacent to an activating group) is 1. The fourth-order valence-corrected chi connectivity index (χ4v) is 1.94. The smallest absolute Gasteiger partial charge is 0.198 e. The Morgan fingerprint density at radius 2 is 2.16 bits per heavy atom. The zero-order valence-electron chi connectivity index (χ0n) is 11.6. The van der Waals surface area contributed by atoms with Gasteiger partial charge in [-0.25, -0.2) is 4.98 Å². The maximum absolute atomic E-state index is 5.75. The number of benzene rings is 1. The maximum atomic E-state index is 5.75. The van der Waals surface area contributed by atoms with Crippen LogP contribution < -0.4 is 10.1 Å². The number of oxazole rings is 1. The highest BCUT2D eigenvalue weighted by Gasteiger charge is 2.10. The SMILES string of the molecule is CNC(C)Cc1cnc(Cc2ccccc2OC)o1. The standard InChI is InChI=1S/C15H20N2O2/c1-11(16-2)8-13-10-17-15(19-13)9-12-6-4-5-7-14(12)18-3/h4-7,10-11,16H,8-9H2,1-3H3. The Morgan fingerprint density at radius 3 is 2.89 bits per heavy atom. The minimum Gasteiger partial charge on any atom is -0.496 e. The molecule has 1 heterocycles. The minimum absolute atomic E-state index is 0.382. The van der Waals surface area contributed by atoms with Gasteiger partial charge in [0.05, 0.1) is 19.7 Å². The lowest BCUT2D eigenvalue weighted by Gasteiger charge is -2.07. The average Bonchev–Trinajstić information content (AvgIpc) is 2.86. The van der Waals surface area contributed by atoms with E-state index in [0.717, 1.165) is 29.4 Å². The van der Waals surface area contributed by atoms with Gasteiger partial charge >= 0.3 is 0 Å². The van der Waals surface area contributed by atoms with Crippen molar-refractivity contribution in [1.29, 1.82) is 0 Å². The first-order valence-corrected chi connectivity index (χ1v) is 6.45. The summed E-state index contributed by atoms with van der Waals surface area (Å²) in [5, 5.41) is 3.18. The number of methoxy groups -OCH3 is 1. The third-order valence-electron chi connectivity index (χ3n) is 3.14. The second-order valence-electron chi connectivity index (χ2n) is 4.60. The summed E-state index contributed by atoms with van der Waals surface area (Å²) >= 11 is 0. The molecule has 4 nitrogen and oxygen atoms in total. The fourth-order valence-electron chi connectivity index (χ4n) is 1.94. The summed E-state index contributed by atoms with van der Waals surface area (Å²) < 4.78 is 11.1. The van der Waals surface area contributed by atoms with Crippen molar-refractivity contribution in [2.75, 3.05) is 14.2 Å². The van der Waals surface area contributed by atoms with Crippen LogP contribution in [-0.2, 0) is 12.8 Å². The van der Waals surface area contributed by atoms with E-state index in [0.29, 0.717) is 12.5 Å². The molecule has 0 aliphatic heterocycles. The number of para-hydroxylation sites is 1. The molecule has 0 spiro atoms. The number of nitrogens with one attached hydrogen (secondary N) is 1. The molecule has 4 heteroatoms. The van der Waals surface area contributed by atoms with Gasteiger partial charge in [-0.15, -0.1) is 0 Å². The zero-order valence-corrected chi connectivity index (χ0v) is 11.6. The zero-order chi connectivity index (χ0) is 13.7. The summed E-state index contributed by atoms with van der Waals surface area (Å²) in [4.78, 5) is 4.32. The summed E-state index contributed by atoms with van der Waals surface area (Å²) in [6, 6.07) is 8.30. The van der Waals surface area contributed by atoms with Gasteiger partial charge in [0.25, 0.3) is 0 Å². The van der Waals surface area contributed by atoms with Gasteiger partial charge in [0.15, 0.2) is 5.89 Å². The lowest BCUT2D eigenvalue weighted by Crippen LogP contribution is -2.23. The molecule has 102 valence electrons. The lowest BCUT2D eigenvalue weighted by atomic mass is 10.1. The van der Waals surface area contributed by atoms with E-state index in [4.69, 9.17) is 9.15 Å². The Hall–Kier alpha value is -1.81. The van der Waals surface area contributed by atoms with Crippen molar-refractivity contribution in [2.45, 2.75) is 25.8 Å². The van der Waals surface area contributed by atoms with Crippen LogP contribution in [0.4, 0.5) is 0 Å². The number of nitrogens with zero attached hydrogens (tertiary/aromatic N) is 1. The number of aromatic nitrogens is 1. The topological polar surface area (TPSA) is 47.3 Å². The van der Waals surface area contributed by atoms with Crippen LogP contribution in [0.3, 0.4) is 0 Å². The molecule has 1 N–H and O–H groups in total. The number of rotatable bonds is 6. The van der Waals surface area contributed by atoms with Crippen LogP contribution in [0.5, 0.6) is 5.75 Å². The average molecular weight is 260 g/mol. The summed E-state index contributed by atoms with van der Waals surface area (Å²) in [6.45, 7) is 2.11. The van der Waals surface area contributed by atoms with E-state index in [2.05, 4.69) is 17.2 Å². The highest BCUT2D eigenvalue weighted by molar-refractivity contribution is 5.34. The van der Waals surface area contributed by atoms with Gasteiger partial charge in [0.2, 0.25) is 0 Å². The molecule has 0 amide bonds. The number of ether oxygens (including phenoxy) is 1. The van der Waals surface area contributed by atoms with Crippen molar-refractivity contribution in [1.82, 2.24) is 10.3 Å². The van der Waals surface area contributed by atoms with E-state index < -0.39 is 0 Å². The van der Waals surface area contributed by atoms with E-state index in [1.165, 1.54) is 0 Å². The minimum atomic E-state index is 0.382. The molecular formula is C15H20N2O2. The molecule has 0 bridgehead atoms. The molecule has 0 saturated heterocycles. The summed E-state index contributed by atoms with van der Waals surface area (Å²) in [6.07, 6.45) is 3.30. The Kier molecular flexibility index (Phi) is 4.58. The molecule has 0 saturated carbocycles. The fraction of sp³-hybridized carbons (Fsp3) is 0.400. The second-order valence-corrected chi connectivity index (χ2v) is 4.60. The molecule has 0 aliphatic carbocycles. The molecule has 1 aromatic heterocycles. The molecule has 1 unspecified atom stereocenters. The normalized spacial score (nSPS) is 12.4. The van der Waals surface area contributed by atoms with Crippen LogP contribution >= 0.6 is 0 Å². The van der Waals surface area contributed by atoms with Gasteiger partial charge in [0.1, 0.15) is 11.5 Å². The van der Waals surface area contributed by atoms with Crippen LogP contribution in [0.1, 0.15) is 24.1 Å². The van der Waals surface area contributed by atoms with Gasteiger partial charge in [0, 0.05) is 18.0 Å². The predicted molar refractivity (Wildman–Crippen MR) is 74.5 cm³/mol. The molecule has 2 aromatic rings. The molecule has 1 aromatic carbocycles. The Labute approximate surface area is 113 Å². The van der Waals surface area contributed by atoms with Crippen LogP contribution in [0.25, 0.3) is 0 Å². The van der Waals surface area contributed by atoms with E-state index in [1.807, 2.05) is 31.3 Å². The largest absolute Gasteiger partial charge is 0.496 e. The first-order chi connectivity index (χ1) is 9.22. The number of hydrogen-bond donors (Lipinski definition) is 1. The van der Waals surface area contributed by atoms with Crippen molar-refractivity contribution in [3.63, 3.8) is 0 Å². The molecule has 0 radical (unpaired) electrons. The van der Waals surface area contributed by atoms with Crippen molar-refractivity contribution in [3.05, 3.63) is 47.7 Å². The summed E-state index contributed by atoms with van der Waals surface area (Å²) in [5.41, 5.74) is 1.08. The Morgan fingerprint density at radius 1 is 1.37 bits per heavy atom. The molecular weight excluding hydrogens is 240 g/mol. The lowest BCUT2D eigenvalue weighted by molar-refractivity contribution is 0.405. The molecule has 19 heavy (non-hydrogen) atoms.